The summed E-state index contributed by atoms with van der Waals surface area (Å²) in [5.41, 5.74) is 2.00. The maximum absolute atomic E-state index is 13.1. The molecule has 3 rings (SSSR count). The summed E-state index contributed by atoms with van der Waals surface area (Å²) in [4.78, 5) is 15.1. The van der Waals surface area contributed by atoms with Crippen LogP contribution in [0.4, 0.5) is 0 Å². The van der Waals surface area contributed by atoms with Gasteiger partial charge in [0.2, 0.25) is 5.91 Å². The molecule has 0 radical (unpaired) electrons. The third-order valence-electron chi connectivity index (χ3n) is 5.16. The molecular formula is C22H28N2O4. The Labute approximate surface area is 166 Å². The van der Waals surface area contributed by atoms with Crippen molar-refractivity contribution in [3.8, 4) is 17.2 Å². The van der Waals surface area contributed by atoms with Crippen LogP contribution in [-0.4, -0.2) is 51.8 Å². The van der Waals surface area contributed by atoms with Gasteiger partial charge in [-0.05, 0) is 36.2 Å². The van der Waals surface area contributed by atoms with Crippen LogP contribution in [0.15, 0.2) is 42.5 Å². The maximum Gasteiger partial charge on any atom is 0.223 e. The second kappa shape index (κ2) is 9.46. The van der Waals surface area contributed by atoms with Gasteiger partial charge in [-0.1, -0.05) is 18.2 Å². The minimum absolute atomic E-state index is 0.0374. The number of carbonyl (C=O) groups is 1. The van der Waals surface area contributed by atoms with Gasteiger partial charge in [0.1, 0.15) is 17.2 Å². The van der Waals surface area contributed by atoms with Gasteiger partial charge in [-0.2, -0.15) is 0 Å². The van der Waals surface area contributed by atoms with E-state index in [1.165, 1.54) is 0 Å². The molecule has 1 atom stereocenters. The lowest BCUT2D eigenvalue weighted by Gasteiger charge is -2.37. The Morgan fingerprint density at radius 2 is 1.86 bits per heavy atom. The van der Waals surface area contributed by atoms with Gasteiger partial charge in [0.25, 0.3) is 0 Å². The molecule has 1 saturated heterocycles. The van der Waals surface area contributed by atoms with Gasteiger partial charge in [0.05, 0.1) is 27.4 Å². The first-order chi connectivity index (χ1) is 13.7. The number of hydrogen-bond donors (Lipinski definition) is 1. The number of methoxy groups -OCH3 is 3. The zero-order chi connectivity index (χ0) is 19.9. The molecule has 28 heavy (non-hydrogen) atoms. The third-order valence-corrected chi connectivity index (χ3v) is 5.16. The van der Waals surface area contributed by atoms with E-state index in [0.29, 0.717) is 25.9 Å². The summed E-state index contributed by atoms with van der Waals surface area (Å²) in [6.45, 7) is 2.19. The Hall–Kier alpha value is -2.73. The zero-order valence-electron chi connectivity index (χ0n) is 16.7. The molecule has 6 nitrogen and oxygen atoms in total. The molecular weight excluding hydrogens is 356 g/mol. The maximum atomic E-state index is 13.1. The second-order valence-corrected chi connectivity index (χ2v) is 6.73. The topological polar surface area (TPSA) is 60.0 Å². The molecule has 2 aromatic carbocycles. The van der Waals surface area contributed by atoms with Crippen LogP contribution in [0.1, 0.15) is 23.6 Å². The molecule has 1 fully saturated rings. The predicted molar refractivity (Wildman–Crippen MR) is 108 cm³/mol. The molecule has 1 aliphatic rings. The average molecular weight is 384 g/mol. The quantitative estimate of drug-likeness (QED) is 0.795. The van der Waals surface area contributed by atoms with Crippen LogP contribution in [-0.2, 0) is 11.2 Å². The van der Waals surface area contributed by atoms with Crippen LogP contribution < -0.4 is 19.5 Å². The fourth-order valence-electron chi connectivity index (χ4n) is 3.68. The largest absolute Gasteiger partial charge is 0.497 e. The Kier molecular flexibility index (Phi) is 6.76. The number of hydrogen-bond acceptors (Lipinski definition) is 5. The Balaban J connectivity index is 1.75. The highest BCUT2D eigenvalue weighted by molar-refractivity contribution is 5.77. The van der Waals surface area contributed by atoms with Crippen molar-refractivity contribution in [2.45, 2.75) is 18.9 Å². The van der Waals surface area contributed by atoms with E-state index < -0.39 is 0 Å². The standard InChI is InChI=1S/C22H28N2O4/c1-26-17-9-10-20(27-2)16(14-17)8-11-22(25)24-13-12-23-15-19(24)18-6-4-5-7-21(18)28-3/h4-7,9-10,14,19,23H,8,11-13,15H2,1-3H3. The van der Waals surface area contributed by atoms with E-state index in [-0.39, 0.29) is 11.9 Å². The fourth-order valence-corrected chi connectivity index (χ4v) is 3.68. The van der Waals surface area contributed by atoms with Crippen LogP contribution in [0.3, 0.4) is 0 Å². The number of para-hydroxylation sites is 1. The van der Waals surface area contributed by atoms with Crippen LogP contribution in [0, 0.1) is 0 Å². The Morgan fingerprint density at radius 1 is 1.07 bits per heavy atom. The molecule has 6 heteroatoms. The van der Waals surface area contributed by atoms with Crippen molar-refractivity contribution in [1.82, 2.24) is 10.2 Å². The number of ether oxygens (including phenoxy) is 3. The first-order valence-electron chi connectivity index (χ1n) is 9.52. The first-order valence-corrected chi connectivity index (χ1v) is 9.52. The van der Waals surface area contributed by atoms with E-state index in [0.717, 1.165) is 34.9 Å². The number of nitrogens with one attached hydrogen (secondary N) is 1. The molecule has 0 saturated carbocycles. The van der Waals surface area contributed by atoms with Crippen LogP contribution >= 0.6 is 0 Å². The second-order valence-electron chi connectivity index (χ2n) is 6.73. The number of carbonyl (C=O) groups excluding carboxylic acids is 1. The summed E-state index contributed by atoms with van der Waals surface area (Å²) in [5.74, 6) is 2.47. The van der Waals surface area contributed by atoms with E-state index in [4.69, 9.17) is 14.2 Å². The molecule has 0 aromatic heterocycles. The normalized spacial score (nSPS) is 16.5. The number of amides is 1. The molecule has 150 valence electrons. The van der Waals surface area contributed by atoms with Crippen LogP contribution in [0.25, 0.3) is 0 Å². The van der Waals surface area contributed by atoms with Gasteiger partial charge >= 0.3 is 0 Å². The van der Waals surface area contributed by atoms with E-state index in [1.54, 1.807) is 21.3 Å². The lowest BCUT2D eigenvalue weighted by atomic mass is 10.0. The molecule has 1 heterocycles. The highest BCUT2D eigenvalue weighted by atomic mass is 16.5. The Morgan fingerprint density at radius 3 is 2.61 bits per heavy atom. The lowest BCUT2D eigenvalue weighted by molar-refractivity contribution is -0.134. The van der Waals surface area contributed by atoms with E-state index in [1.807, 2.05) is 47.4 Å². The first kappa shape index (κ1) is 20.0. The SMILES string of the molecule is COc1ccc(OC)c(CCC(=O)N2CCNCC2c2ccccc2OC)c1. The van der Waals surface area contributed by atoms with Crippen molar-refractivity contribution in [2.75, 3.05) is 41.0 Å². The minimum atomic E-state index is -0.0374. The van der Waals surface area contributed by atoms with Crippen LogP contribution in [0.5, 0.6) is 17.2 Å². The molecule has 1 aliphatic heterocycles. The van der Waals surface area contributed by atoms with E-state index in [9.17, 15) is 4.79 Å². The highest BCUT2D eigenvalue weighted by Crippen LogP contribution is 2.31. The molecule has 0 spiro atoms. The summed E-state index contributed by atoms with van der Waals surface area (Å²) in [7, 11) is 4.94. The summed E-state index contributed by atoms with van der Waals surface area (Å²) in [6, 6.07) is 13.5. The molecule has 2 aromatic rings. The number of aryl methyl sites for hydroxylation is 1. The molecule has 1 unspecified atom stereocenters. The number of rotatable bonds is 7. The monoisotopic (exact) mass is 384 g/mol. The van der Waals surface area contributed by atoms with E-state index in [2.05, 4.69) is 5.32 Å². The van der Waals surface area contributed by atoms with Crippen molar-refractivity contribution >= 4 is 5.91 Å². The molecule has 1 N–H and O–H groups in total. The van der Waals surface area contributed by atoms with Crippen molar-refractivity contribution in [2.24, 2.45) is 0 Å². The lowest BCUT2D eigenvalue weighted by Crippen LogP contribution is -2.48. The zero-order valence-corrected chi connectivity index (χ0v) is 16.7. The minimum Gasteiger partial charge on any atom is -0.497 e. The molecule has 0 bridgehead atoms. The summed E-state index contributed by atoms with van der Waals surface area (Å²) in [5, 5.41) is 3.39. The third kappa shape index (κ3) is 4.39. The summed E-state index contributed by atoms with van der Waals surface area (Å²) in [6.07, 6.45) is 1.01. The molecule has 1 amide bonds. The van der Waals surface area contributed by atoms with Crippen molar-refractivity contribution in [3.63, 3.8) is 0 Å². The van der Waals surface area contributed by atoms with Crippen LogP contribution in [0.2, 0.25) is 0 Å². The van der Waals surface area contributed by atoms with Gasteiger partial charge in [-0.15, -0.1) is 0 Å². The predicted octanol–water partition coefficient (Wildman–Crippen LogP) is 2.82. The summed E-state index contributed by atoms with van der Waals surface area (Å²) >= 11 is 0. The van der Waals surface area contributed by atoms with Crippen molar-refractivity contribution in [3.05, 3.63) is 53.6 Å². The number of piperazine rings is 1. The average Bonchev–Trinajstić information content (AvgIpc) is 2.77. The fraction of sp³-hybridized carbons (Fsp3) is 0.409. The van der Waals surface area contributed by atoms with Gasteiger partial charge in [0.15, 0.2) is 0 Å². The number of benzene rings is 2. The smallest absolute Gasteiger partial charge is 0.223 e. The number of nitrogens with zero attached hydrogens (tertiary/aromatic N) is 1. The summed E-state index contributed by atoms with van der Waals surface area (Å²) < 4.78 is 16.3. The molecule has 0 aliphatic carbocycles. The van der Waals surface area contributed by atoms with Gasteiger partial charge < -0.3 is 24.4 Å². The van der Waals surface area contributed by atoms with Gasteiger partial charge in [-0.3, -0.25) is 4.79 Å². The van der Waals surface area contributed by atoms with Crippen molar-refractivity contribution in [1.29, 1.82) is 0 Å². The van der Waals surface area contributed by atoms with Gasteiger partial charge in [-0.25, -0.2) is 0 Å². The van der Waals surface area contributed by atoms with Crippen molar-refractivity contribution < 1.29 is 19.0 Å². The Bertz CT molecular complexity index is 809. The van der Waals surface area contributed by atoms with E-state index >= 15 is 0 Å². The van der Waals surface area contributed by atoms with Gasteiger partial charge in [0, 0.05) is 31.6 Å². The highest BCUT2D eigenvalue weighted by Gasteiger charge is 2.29.